The van der Waals surface area contributed by atoms with Crippen molar-refractivity contribution >= 4 is 5.91 Å². The van der Waals surface area contributed by atoms with Crippen LogP contribution in [-0.2, 0) is 14.3 Å². The van der Waals surface area contributed by atoms with Crippen LogP contribution in [0.2, 0.25) is 0 Å². The van der Waals surface area contributed by atoms with Gasteiger partial charge in [-0.05, 0) is 38.0 Å². The number of rotatable bonds is 4. The van der Waals surface area contributed by atoms with Gasteiger partial charge >= 0.3 is 0 Å². The van der Waals surface area contributed by atoms with E-state index in [4.69, 9.17) is 9.47 Å². The van der Waals surface area contributed by atoms with E-state index in [1.807, 2.05) is 0 Å². The van der Waals surface area contributed by atoms with Crippen LogP contribution >= 0.6 is 0 Å². The summed E-state index contributed by atoms with van der Waals surface area (Å²) >= 11 is 0. The molecule has 0 radical (unpaired) electrons. The molecule has 1 aliphatic carbocycles. The molecular formula is C18H31NO3. The van der Waals surface area contributed by atoms with Gasteiger partial charge in [-0.15, -0.1) is 0 Å². The summed E-state index contributed by atoms with van der Waals surface area (Å²) < 4.78 is 11.5. The Labute approximate surface area is 134 Å². The number of hydrogen-bond donors (Lipinski definition) is 1. The van der Waals surface area contributed by atoms with Crippen molar-refractivity contribution in [2.24, 2.45) is 11.8 Å². The van der Waals surface area contributed by atoms with Crippen molar-refractivity contribution in [1.82, 2.24) is 5.32 Å². The Balaban J connectivity index is 1.47. The molecule has 2 saturated heterocycles. The van der Waals surface area contributed by atoms with Gasteiger partial charge in [0.25, 0.3) is 0 Å². The summed E-state index contributed by atoms with van der Waals surface area (Å²) in [6.45, 7) is 4.44. The molecule has 0 bridgehead atoms. The normalized spacial score (nSPS) is 30.3. The van der Waals surface area contributed by atoms with E-state index < -0.39 is 0 Å². The minimum Gasteiger partial charge on any atom is -0.381 e. The van der Waals surface area contributed by atoms with Gasteiger partial charge in [0.1, 0.15) is 0 Å². The Bertz CT molecular complexity index is 367. The Kier molecular flexibility index (Phi) is 5.40. The topological polar surface area (TPSA) is 47.6 Å². The van der Waals surface area contributed by atoms with E-state index in [-0.39, 0.29) is 23.5 Å². The summed E-state index contributed by atoms with van der Waals surface area (Å²) in [6.07, 6.45) is 10.2. The second-order valence-corrected chi connectivity index (χ2v) is 7.63. The molecule has 0 aromatic rings. The number of hydrogen-bond acceptors (Lipinski definition) is 3. The summed E-state index contributed by atoms with van der Waals surface area (Å²) in [5.41, 5.74) is -0.0386. The second kappa shape index (κ2) is 7.31. The standard InChI is InChI=1S/C18H31NO3/c1-14(12-15-4-2-3-5-15)17(20)19-16-6-9-22-18(13-16)7-10-21-11-8-18/h14-16H,2-13H2,1H3,(H,19,20)/t14-,16+/m0/s1. The van der Waals surface area contributed by atoms with Crippen LogP contribution in [0.5, 0.6) is 0 Å². The molecule has 1 amide bonds. The molecular weight excluding hydrogens is 278 g/mol. The zero-order chi connectivity index (χ0) is 15.4. The molecule has 1 N–H and O–H groups in total. The smallest absolute Gasteiger partial charge is 0.223 e. The molecule has 1 saturated carbocycles. The highest BCUT2D eigenvalue weighted by atomic mass is 16.5. The number of ether oxygens (including phenoxy) is 2. The van der Waals surface area contributed by atoms with E-state index in [1.165, 1.54) is 25.7 Å². The molecule has 3 aliphatic rings. The third kappa shape index (κ3) is 4.02. The van der Waals surface area contributed by atoms with Crippen LogP contribution in [0.3, 0.4) is 0 Å². The Morgan fingerprint density at radius 1 is 1.18 bits per heavy atom. The minimum absolute atomic E-state index is 0.0386. The molecule has 2 heterocycles. The number of amides is 1. The van der Waals surface area contributed by atoms with Gasteiger partial charge in [0.15, 0.2) is 0 Å². The van der Waals surface area contributed by atoms with Crippen molar-refractivity contribution in [1.29, 1.82) is 0 Å². The van der Waals surface area contributed by atoms with Crippen molar-refractivity contribution in [2.45, 2.75) is 76.4 Å². The van der Waals surface area contributed by atoms with Crippen LogP contribution in [0.15, 0.2) is 0 Å². The summed E-state index contributed by atoms with van der Waals surface area (Å²) in [5.74, 6) is 1.18. The van der Waals surface area contributed by atoms with Gasteiger partial charge in [-0.25, -0.2) is 0 Å². The summed E-state index contributed by atoms with van der Waals surface area (Å²) in [4.78, 5) is 12.5. The van der Waals surface area contributed by atoms with E-state index in [2.05, 4.69) is 12.2 Å². The first kappa shape index (κ1) is 16.3. The molecule has 0 unspecified atom stereocenters. The molecule has 3 rings (SSSR count). The molecule has 2 aliphatic heterocycles. The van der Waals surface area contributed by atoms with E-state index >= 15 is 0 Å². The molecule has 3 fully saturated rings. The maximum Gasteiger partial charge on any atom is 0.223 e. The lowest BCUT2D eigenvalue weighted by Crippen LogP contribution is -2.51. The van der Waals surface area contributed by atoms with Gasteiger partial charge in [-0.2, -0.15) is 0 Å². The average Bonchev–Trinajstić information content (AvgIpc) is 3.01. The van der Waals surface area contributed by atoms with Gasteiger partial charge in [0.2, 0.25) is 5.91 Å². The lowest BCUT2D eigenvalue weighted by Gasteiger charge is -2.43. The van der Waals surface area contributed by atoms with Crippen LogP contribution in [-0.4, -0.2) is 37.4 Å². The van der Waals surface area contributed by atoms with Crippen molar-refractivity contribution in [3.63, 3.8) is 0 Å². The molecule has 4 nitrogen and oxygen atoms in total. The maximum absolute atomic E-state index is 12.5. The lowest BCUT2D eigenvalue weighted by molar-refractivity contribution is -0.145. The first-order chi connectivity index (χ1) is 10.7. The fourth-order valence-electron chi connectivity index (χ4n) is 4.44. The number of nitrogens with one attached hydrogen (secondary N) is 1. The van der Waals surface area contributed by atoms with Crippen LogP contribution in [0.4, 0.5) is 0 Å². The Hall–Kier alpha value is -0.610. The summed E-state index contributed by atoms with van der Waals surface area (Å²) in [6, 6.07) is 0.283. The van der Waals surface area contributed by atoms with Gasteiger partial charge < -0.3 is 14.8 Å². The van der Waals surface area contributed by atoms with Crippen molar-refractivity contribution in [3.05, 3.63) is 0 Å². The third-order valence-electron chi connectivity index (χ3n) is 5.85. The second-order valence-electron chi connectivity index (χ2n) is 7.63. The molecule has 126 valence electrons. The molecule has 1 spiro atoms. The van der Waals surface area contributed by atoms with E-state index in [1.54, 1.807) is 0 Å². The van der Waals surface area contributed by atoms with Crippen molar-refractivity contribution in [3.8, 4) is 0 Å². The van der Waals surface area contributed by atoms with Gasteiger partial charge in [-0.1, -0.05) is 32.6 Å². The highest BCUT2D eigenvalue weighted by molar-refractivity contribution is 5.78. The summed E-state index contributed by atoms with van der Waals surface area (Å²) in [7, 11) is 0. The summed E-state index contributed by atoms with van der Waals surface area (Å²) in [5, 5.41) is 3.30. The highest BCUT2D eigenvalue weighted by Gasteiger charge is 2.39. The predicted molar refractivity (Wildman–Crippen MR) is 85.6 cm³/mol. The number of carbonyl (C=O) groups excluding carboxylic acids is 1. The van der Waals surface area contributed by atoms with E-state index in [9.17, 15) is 4.79 Å². The zero-order valence-electron chi connectivity index (χ0n) is 13.9. The van der Waals surface area contributed by atoms with Crippen molar-refractivity contribution < 1.29 is 14.3 Å². The van der Waals surface area contributed by atoms with Gasteiger partial charge in [0.05, 0.1) is 5.60 Å². The van der Waals surface area contributed by atoms with Gasteiger partial charge in [0, 0.05) is 31.8 Å². The largest absolute Gasteiger partial charge is 0.381 e. The molecule has 4 heteroatoms. The first-order valence-corrected chi connectivity index (χ1v) is 9.19. The van der Waals surface area contributed by atoms with E-state index in [0.29, 0.717) is 0 Å². The van der Waals surface area contributed by atoms with Crippen LogP contribution in [0.1, 0.15) is 64.7 Å². The number of carbonyl (C=O) groups is 1. The highest BCUT2D eigenvalue weighted by Crippen LogP contribution is 2.35. The van der Waals surface area contributed by atoms with Crippen LogP contribution in [0, 0.1) is 11.8 Å². The molecule has 2 atom stereocenters. The average molecular weight is 309 g/mol. The van der Waals surface area contributed by atoms with Crippen LogP contribution < -0.4 is 5.32 Å². The lowest BCUT2D eigenvalue weighted by atomic mass is 9.84. The maximum atomic E-state index is 12.5. The minimum atomic E-state index is -0.0386. The fraction of sp³-hybridized carbons (Fsp3) is 0.944. The monoisotopic (exact) mass is 309 g/mol. The Morgan fingerprint density at radius 3 is 2.64 bits per heavy atom. The Morgan fingerprint density at radius 2 is 1.91 bits per heavy atom. The molecule has 22 heavy (non-hydrogen) atoms. The molecule has 0 aromatic carbocycles. The van der Waals surface area contributed by atoms with E-state index in [0.717, 1.165) is 57.8 Å². The zero-order valence-corrected chi connectivity index (χ0v) is 13.9. The fourth-order valence-corrected chi connectivity index (χ4v) is 4.44. The van der Waals surface area contributed by atoms with Crippen LogP contribution in [0.25, 0.3) is 0 Å². The SMILES string of the molecule is C[C@@H](CC1CCCC1)C(=O)N[C@@H]1CCOC2(CCOCC2)C1. The third-order valence-corrected chi connectivity index (χ3v) is 5.85. The first-order valence-electron chi connectivity index (χ1n) is 9.19. The van der Waals surface area contributed by atoms with Gasteiger partial charge in [-0.3, -0.25) is 4.79 Å². The molecule has 0 aromatic heterocycles. The quantitative estimate of drug-likeness (QED) is 0.868. The van der Waals surface area contributed by atoms with Crippen molar-refractivity contribution in [2.75, 3.05) is 19.8 Å². The predicted octanol–water partition coefficient (Wildman–Crippen LogP) is 3.05.